The minimum absolute atomic E-state index is 0.203. The maximum atomic E-state index is 12.7. The van der Waals surface area contributed by atoms with Crippen molar-refractivity contribution in [3.05, 3.63) is 65.4 Å². The lowest BCUT2D eigenvalue weighted by Gasteiger charge is -2.10. The number of hydrogen-bond donors (Lipinski definition) is 3. The Morgan fingerprint density at radius 1 is 1.19 bits per heavy atom. The topological polar surface area (TPSA) is 69.3 Å². The van der Waals surface area contributed by atoms with Crippen LogP contribution < -0.4 is 10.7 Å². The molecule has 0 saturated heterocycles. The van der Waals surface area contributed by atoms with E-state index >= 15 is 0 Å². The highest BCUT2D eigenvalue weighted by atomic mass is 19.4. The van der Waals surface area contributed by atoms with Crippen molar-refractivity contribution >= 4 is 28.7 Å². The van der Waals surface area contributed by atoms with Gasteiger partial charge in [0.2, 0.25) is 0 Å². The van der Waals surface area contributed by atoms with Crippen molar-refractivity contribution in [2.24, 2.45) is 5.10 Å². The number of halogens is 3. The first-order valence-electron chi connectivity index (χ1n) is 8.15. The number of hydrogen-bond acceptors (Lipinski definition) is 3. The van der Waals surface area contributed by atoms with Crippen molar-refractivity contribution in [2.75, 3.05) is 11.9 Å². The van der Waals surface area contributed by atoms with Crippen molar-refractivity contribution in [2.45, 2.75) is 13.1 Å². The summed E-state index contributed by atoms with van der Waals surface area (Å²) >= 11 is 0. The standard InChI is InChI=1S/C19H17F3N4O/c1-12-16(15-7-2-3-8-17(15)25-12)10-24-26-18(27)11-23-14-6-4-5-13(9-14)19(20,21)22/h2-10,23,25H,11H2,1H3,(H,26,27)/b24-10-. The number of H-pyrrole nitrogens is 1. The molecule has 2 aromatic carbocycles. The highest BCUT2D eigenvalue weighted by Gasteiger charge is 2.30. The number of anilines is 1. The fourth-order valence-electron chi connectivity index (χ4n) is 2.66. The summed E-state index contributed by atoms with van der Waals surface area (Å²) in [5, 5.41) is 7.56. The summed E-state index contributed by atoms with van der Waals surface area (Å²) in [4.78, 5) is 15.1. The summed E-state index contributed by atoms with van der Waals surface area (Å²) in [6, 6.07) is 12.4. The van der Waals surface area contributed by atoms with Gasteiger partial charge >= 0.3 is 6.18 Å². The number of nitrogens with one attached hydrogen (secondary N) is 3. The molecule has 3 N–H and O–H groups in total. The van der Waals surface area contributed by atoms with Crippen molar-refractivity contribution in [3.8, 4) is 0 Å². The number of rotatable bonds is 5. The number of para-hydroxylation sites is 1. The molecular formula is C19H17F3N4O. The maximum absolute atomic E-state index is 12.7. The molecule has 0 unspecified atom stereocenters. The van der Waals surface area contributed by atoms with E-state index in [1.54, 1.807) is 0 Å². The molecule has 0 saturated carbocycles. The molecule has 1 aromatic heterocycles. The first-order valence-corrected chi connectivity index (χ1v) is 8.15. The van der Waals surface area contributed by atoms with E-state index in [-0.39, 0.29) is 12.2 Å². The number of nitrogens with zero attached hydrogens (tertiary/aromatic N) is 1. The van der Waals surface area contributed by atoms with Crippen LogP contribution in [-0.2, 0) is 11.0 Å². The van der Waals surface area contributed by atoms with Gasteiger partial charge in [-0.2, -0.15) is 18.3 Å². The Morgan fingerprint density at radius 3 is 2.74 bits per heavy atom. The van der Waals surface area contributed by atoms with E-state index in [1.165, 1.54) is 18.3 Å². The average Bonchev–Trinajstić information content (AvgIpc) is 2.95. The Labute approximate surface area is 153 Å². The van der Waals surface area contributed by atoms with Crippen molar-refractivity contribution in [1.82, 2.24) is 10.4 Å². The van der Waals surface area contributed by atoms with E-state index in [0.29, 0.717) is 0 Å². The van der Waals surface area contributed by atoms with Crippen LogP contribution in [0.25, 0.3) is 10.9 Å². The number of fused-ring (bicyclic) bond motifs is 1. The molecule has 140 valence electrons. The van der Waals surface area contributed by atoms with Crippen LogP contribution in [0.4, 0.5) is 18.9 Å². The third kappa shape index (κ3) is 4.46. The first kappa shape index (κ1) is 18.5. The smallest absolute Gasteiger partial charge is 0.376 e. The fourth-order valence-corrected chi connectivity index (χ4v) is 2.66. The number of carbonyl (C=O) groups excluding carboxylic acids is 1. The lowest BCUT2D eigenvalue weighted by molar-refractivity contribution is -0.137. The highest BCUT2D eigenvalue weighted by Crippen LogP contribution is 2.30. The molecule has 0 aliphatic carbocycles. The zero-order valence-electron chi connectivity index (χ0n) is 14.4. The summed E-state index contributed by atoms with van der Waals surface area (Å²) < 4.78 is 38.0. The number of alkyl halides is 3. The zero-order chi connectivity index (χ0) is 19.4. The Morgan fingerprint density at radius 2 is 1.96 bits per heavy atom. The number of carbonyl (C=O) groups is 1. The second kappa shape index (κ2) is 7.53. The van der Waals surface area contributed by atoms with Crippen LogP contribution in [0.1, 0.15) is 16.8 Å². The van der Waals surface area contributed by atoms with E-state index in [0.717, 1.165) is 34.3 Å². The minimum atomic E-state index is -4.43. The van der Waals surface area contributed by atoms with Crippen molar-refractivity contribution < 1.29 is 18.0 Å². The maximum Gasteiger partial charge on any atom is 0.416 e. The van der Waals surface area contributed by atoms with Gasteiger partial charge in [0.15, 0.2) is 0 Å². The first-order chi connectivity index (χ1) is 12.8. The highest BCUT2D eigenvalue weighted by molar-refractivity contribution is 6.00. The van der Waals surface area contributed by atoms with Gasteiger partial charge in [-0.05, 0) is 31.2 Å². The molecule has 5 nitrogen and oxygen atoms in total. The van der Waals surface area contributed by atoms with Gasteiger partial charge in [0, 0.05) is 27.8 Å². The van der Waals surface area contributed by atoms with Gasteiger partial charge in [-0.15, -0.1) is 0 Å². The number of aromatic nitrogens is 1. The number of benzene rings is 2. The van der Waals surface area contributed by atoms with Gasteiger partial charge in [-0.25, -0.2) is 5.43 Å². The SMILES string of the molecule is Cc1[nH]c2ccccc2c1/C=N\NC(=O)CNc1cccc(C(F)(F)F)c1. The van der Waals surface area contributed by atoms with Gasteiger partial charge in [0.05, 0.1) is 18.3 Å². The number of aromatic amines is 1. The number of aryl methyl sites for hydroxylation is 1. The Balaban J connectivity index is 1.58. The molecule has 3 aromatic rings. The predicted octanol–water partition coefficient (Wildman–Crippen LogP) is 4.06. The molecule has 0 atom stereocenters. The number of amides is 1. The van der Waals surface area contributed by atoms with Crippen molar-refractivity contribution in [3.63, 3.8) is 0 Å². The lowest BCUT2D eigenvalue weighted by atomic mass is 10.1. The molecule has 0 radical (unpaired) electrons. The summed E-state index contributed by atoms with van der Waals surface area (Å²) in [7, 11) is 0. The van der Waals surface area contributed by atoms with Crippen LogP contribution in [0.5, 0.6) is 0 Å². The Bertz CT molecular complexity index is 992. The molecule has 1 amide bonds. The summed E-state index contributed by atoms with van der Waals surface area (Å²) in [5.41, 5.74) is 4.53. The van der Waals surface area contributed by atoms with Gasteiger partial charge in [-0.1, -0.05) is 24.3 Å². The molecule has 0 spiro atoms. The van der Waals surface area contributed by atoms with Gasteiger partial charge in [0.25, 0.3) is 5.91 Å². The summed E-state index contributed by atoms with van der Waals surface area (Å²) in [6.45, 7) is 1.70. The van der Waals surface area contributed by atoms with E-state index in [1.807, 2.05) is 31.2 Å². The van der Waals surface area contributed by atoms with E-state index in [9.17, 15) is 18.0 Å². The van der Waals surface area contributed by atoms with E-state index in [4.69, 9.17) is 0 Å². The number of hydrazone groups is 1. The molecule has 3 rings (SSSR count). The van der Waals surface area contributed by atoms with Crippen LogP contribution in [0.15, 0.2) is 53.6 Å². The van der Waals surface area contributed by atoms with Gasteiger partial charge in [-0.3, -0.25) is 4.79 Å². The fraction of sp³-hybridized carbons (Fsp3) is 0.158. The monoisotopic (exact) mass is 374 g/mol. The Hall–Kier alpha value is -3.29. The van der Waals surface area contributed by atoms with Gasteiger partial charge < -0.3 is 10.3 Å². The van der Waals surface area contributed by atoms with Crippen LogP contribution in [-0.4, -0.2) is 23.7 Å². The third-order valence-electron chi connectivity index (χ3n) is 3.97. The zero-order valence-corrected chi connectivity index (χ0v) is 14.4. The van der Waals surface area contributed by atoms with Crippen LogP contribution in [0.3, 0.4) is 0 Å². The van der Waals surface area contributed by atoms with Crippen molar-refractivity contribution in [1.29, 1.82) is 0 Å². The normalized spacial score (nSPS) is 11.9. The minimum Gasteiger partial charge on any atom is -0.376 e. The Kier molecular flexibility index (Phi) is 5.16. The molecular weight excluding hydrogens is 357 g/mol. The van der Waals surface area contributed by atoms with Crippen LogP contribution in [0, 0.1) is 6.92 Å². The predicted molar refractivity (Wildman–Crippen MR) is 98.7 cm³/mol. The van der Waals surface area contributed by atoms with Gasteiger partial charge in [0.1, 0.15) is 0 Å². The van der Waals surface area contributed by atoms with Crippen LogP contribution in [0.2, 0.25) is 0 Å². The molecule has 8 heteroatoms. The third-order valence-corrected chi connectivity index (χ3v) is 3.97. The lowest BCUT2D eigenvalue weighted by Crippen LogP contribution is -2.26. The molecule has 0 aliphatic rings. The molecule has 0 aliphatic heterocycles. The molecule has 0 bridgehead atoms. The quantitative estimate of drug-likeness (QED) is 0.466. The van der Waals surface area contributed by atoms with E-state index < -0.39 is 17.6 Å². The molecule has 27 heavy (non-hydrogen) atoms. The summed E-state index contributed by atoms with van der Waals surface area (Å²) in [5.74, 6) is -0.471. The second-order valence-corrected chi connectivity index (χ2v) is 5.93. The largest absolute Gasteiger partial charge is 0.416 e. The summed E-state index contributed by atoms with van der Waals surface area (Å²) in [6.07, 6.45) is -2.89. The second-order valence-electron chi connectivity index (χ2n) is 5.93. The molecule has 1 heterocycles. The average molecular weight is 374 g/mol. The van der Waals surface area contributed by atoms with Crippen LogP contribution >= 0.6 is 0 Å². The molecule has 0 fully saturated rings. The van der Waals surface area contributed by atoms with E-state index in [2.05, 4.69) is 20.8 Å².